The van der Waals surface area contributed by atoms with Gasteiger partial charge in [-0.1, -0.05) is 72.6 Å². The number of hydrogen-bond acceptors (Lipinski definition) is 4. The molecule has 0 aromatic heterocycles. The molecule has 1 saturated carbocycles. The van der Waals surface area contributed by atoms with Gasteiger partial charge in [0.2, 0.25) is 15.9 Å². The number of anilines is 1. The minimum Gasteiger partial charge on any atom is -0.481 e. The highest BCUT2D eigenvalue weighted by atomic mass is 35.5. The number of halogens is 2. The number of hydrogen-bond donors (Lipinski definition) is 2. The topological polar surface area (TPSA) is 104 Å². The standard InChI is InChI=1S/C31H32Cl2N2O5S/c1-31(18-28(36)37)17-26(22-6-5-7-24(33)16-22)29(21-12-14-23(32)15-13-21)35(30(31)38)27(20-10-11-20)19-41(39,40)34-25-8-3-2-4-9-25/h2-9,12-16,20,26-27,29,34H,10-11,17-19H2,1H3,(H,36,37)/t26-,27-,29-,31-/m1/s1. The van der Waals surface area contributed by atoms with Crippen molar-refractivity contribution in [1.29, 1.82) is 0 Å². The first-order valence-electron chi connectivity index (χ1n) is 13.6. The Kier molecular flexibility index (Phi) is 8.37. The summed E-state index contributed by atoms with van der Waals surface area (Å²) >= 11 is 12.6. The quantitative estimate of drug-likeness (QED) is 0.263. The zero-order chi connectivity index (χ0) is 29.4. The molecule has 2 fully saturated rings. The fourth-order valence-electron chi connectivity index (χ4n) is 6.12. The number of amides is 1. The Morgan fingerprint density at radius 2 is 1.68 bits per heavy atom. The van der Waals surface area contributed by atoms with Crippen molar-refractivity contribution in [3.63, 3.8) is 0 Å². The first kappa shape index (κ1) is 29.4. The van der Waals surface area contributed by atoms with E-state index in [2.05, 4.69) is 4.72 Å². The van der Waals surface area contributed by atoms with Crippen molar-refractivity contribution in [3.05, 3.63) is 100 Å². The number of carboxylic acid groups (broad SMARTS) is 1. The van der Waals surface area contributed by atoms with Gasteiger partial charge in [0.15, 0.2) is 0 Å². The van der Waals surface area contributed by atoms with Gasteiger partial charge in [-0.2, -0.15) is 0 Å². The minimum atomic E-state index is -3.88. The third-order valence-corrected chi connectivity index (χ3v) is 9.91. The van der Waals surface area contributed by atoms with Crippen LogP contribution in [0.25, 0.3) is 0 Å². The molecule has 5 rings (SSSR count). The van der Waals surface area contributed by atoms with Crippen LogP contribution in [0.15, 0.2) is 78.9 Å². The number of nitrogens with zero attached hydrogens (tertiary/aromatic N) is 1. The van der Waals surface area contributed by atoms with Crippen LogP contribution in [0.1, 0.15) is 55.7 Å². The maximum Gasteiger partial charge on any atom is 0.304 e. The average Bonchev–Trinajstić information content (AvgIpc) is 3.75. The van der Waals surface area contributed by atoms with E-state index in [1.807, 2.05) is 30.3 Å². The number of carboxylic acids is 1. The van der Waals surface area contributed by atoms with Crippen LogP contribution in [0.4, 0.5) is 5.69 Å². The van der Waals surface area contributed by atoms with Crippen LogP contribution in [0.2, 0.25) is 10.0 Å². The van der Waals surface area contributed by atoms with Gasteiger partial charge in [0.05, 0.1) is 29.7 Å². The van der Waals surface area contributed by atoms with Gasteiger partial charge in [0.25, 0.3) is 0 Å². The summed E-state index contributed by atoms with van der Waals surface area (Å²) < 4.78 is 29.7. The summed E-state index contributed by atoms with van der Waals surface area (Å²) in [5.41, 5.74) is 0.829. The minimum absolute atomic E-state index is 0.0340. The highest BCUT2D eigenvalue weighted by molar-refractivity contribution is 7.92. The predicted octanol–water partition coefficient (Wildman–Crippen LogP) is 6.75. The van der Waals surface area contributed by atoms with Gasteiger partial charge in [-0.3, -0.25) is 14.3 Å². The normalized spacial score (nSPS) is 23.7. The SMILES string of the molecule is C[C@]1(CC(=O)O)C[C@H](c2cccc(Cl)c2)[C@@H](c2ccc(Cl)cc2)N([C@H](CS(=O)(=O)Nc2ccccc2)C2CC2)C1=O. The highest BCUT2D eigenvalue weighted by Gasteiger charge is 2.55. The molecule has 10 heteroatoms. The highest BCUT2D eigenvalue weighted by Crippen LogP contribution is 2.54. The van der Waals surface area contributed by atoms with Crippen molar-refractivity contribution in [2.75, 3.05) is 10.5 Å². The van der Waals surface area contributed by atoms with Crippen molar-refractivity contribution < 1.29 is 23.1 Å². The van der Waals surface area contributed by atoms with E-state index in [4.69, 9.17) is 23.2 Å². The van der Waals surface area contributed by atoms with Crippen LogP contribution in [0.3, 0.4) is 0 Å². The number of carbonyl (C=O) groups excluding carboxylic acids is 1. The second kappa shape index (κ2) is 11.7. The number of benzene rings is 3. The number of sulfonamides is 1. The molecule has 1 amide bonds. The molecule has 1 heterocycles. The lowest BCUT2D eigenvalue weighted by molar-refractivity contribution is -0.160. The molecule has 216 valence electrons. The molecule has 3 aromatic rings. The van der Waals surface area contributed by atoms with Crippen LogP contribution in [-0.4, -0.2) is 42.1 Å². The molecule has 41 heavy (non-hydrogen) atoms. The summed E-state index contributed by atoms with van der Waals surface area (Å²) in [7, 11) is -3.88. The van der Waals surface area contributed by atoms with Gasteiger partial charge in [0.1, 0.15) is 0 Å². The van der Waals surface area contributed by atoms with Crippen LogP contribution >= 0.6 is 23.2 Å². The summed E-state index contributed by atoms with van der Waals surface area (Å²) in [4.78, 5) is 28.2. The van der Waals surface area contributed by atoms with Gasteiger partial charge in [-0.25, -0.2) is 8.42 Å². The summed E-state index contributed by atoms with van der Waals surface area (Å²) in [5, 5.41) is 10.9. The van der Waals surface area contributed by atoms with E-state index >= 15 is 0 Å². The molecule has 1 aliphatic heterocycles. The first-order chi connectivity index (χ1) is 19.5. The van der Waals surface area contributed by atoms with Crippen LogP contribution in [0.5, 0.6) is 0 Å². The van der Waals surface area contributed by atoms with E-state index in [0.29, 0.717) is 15.7 Å². The second-order valence-corrected chi connectivity index (χ2v) is 14.0. The molecule has 3 aromatic carbocycles. The summed E-state index contributed by atoms with van der Waals surface area (Å²) in [6.45, 7) is 1.67. The number of piperidine rings is 1. The van der Waals surface area contributed by atoms with Gasteiger partial charge in [-0.15, -0.1) is 0 Å². The maximum atomic E-state index is 14.5. The summed E-state index contributed by atoms with van der Waals surface area (Å²) in [6.07, 6.45) is 1.44. The maximum absolute atomic E-state index is 14.5. The van der Waals surface area contributed by atoms with Crippen LogP contribution < -0.4 is 4.72 Å². The smallest absolute Gasteiger partial charge is 0.304 e. The van der Waals surface area contributed by atoms with Gasteiger partial charge in [0, 0.05) is 21.7 Å². The Labute approximate surface area is 250 Å². The molecule has 2 N–H and O–H groups in total. The second-order valence-electron chi connectivity index (χ2n) is 11.4. The Bertz CT molecular complexity index is 1530. The zero-order valence-electron chi connectivity index (χ0n) is 22.5. The number of aliphatic carboxylic acids is 1. The Balaban J connectivity index is 1.64. The molecule has 0 radical (unpaired) electrons. The van der Waals surface area contributed by atoms with Gasteiger partial charge >= 0.3 is 5.97 Å². The lowest BCUT2D eigenvalue weighted by Gasteiger charge is -2.52. The van der Waals surface area contributed by atoms with Gasteiger partial charge in [-0.05, 0) is 72.7 Å². The van der Waals surface area contributed by atoms with E-state index in [0.717, 1.165) is 24.0 Å². The van der Waals surface area contributed by atoms with Crippen molar-refractivity contribution in [2.24, 2.45) is 11.3 Å². The molecule has 0 bridgehead atoms. The fourth-order valence-corrected chi connectivity index (χ4v) is 7.91. The van der Waals surface area contributed by atoms with E-state index < -0.39 is 33.5 Å². The fraction of sp³-hybridized carbons (Fsp3) is 0.355. The average molecular weight is 616 g/mol. The van der Waals surface area contributed by atoms with E-state index in [9.17, 15) is 23.1 Å². The monoisotopic (exact) mass is 614 g/mol. The Hall–Kier alpha value is -3.07. The van der Waals surface area contributed by atoms with Crippen molar-refractivity contribution in [3.8, 4) is 0 Å². The van der Waals surface area contributed by atoms with Crippen molar-refractivity contribution in [2.45, 2.75) is 50.6 Å². The van der Waals surface area contributed by atoms with Crippen LogP contribution in [0, 0.1) is 11.3 Å². The number of likely N-dealkylation sites (tertiary alicyclic amines) is 1. The first-order valence-corrected chi connectivity index (χ1v) is 16.0. The lowest BCUT2D eigenvalue weighted by atomic mass is 9.67. The molecule has 2 aliphatic rings. The number of rotatable bonds is 10. The number of nitrogens with one attached hydrogen (secondary N) is 1. The molecule has 4 atom stereocenters. The molecular formula is C31H32Cl2N2O5S. The summed E-state index contributed by atoms with van der Waals surface area (Å²) in [6, 6.07) is 22.0. The van der Waals surface area contributed by atoms with E-state index in [1.165, 1.54) is 0 Å². The lowest BCUT2D eigenvalue weighted by Crippen LogP contribution is -2.58. The van der Waals surface area contributed by atoms with Crippen molar-refractivity contribution >= 4 is 50.8 Å². The van der Waals surface area contributed by atoms with Crippen LogP contribution in [-0.2, 0) is 19.6 Å². The summed E-state index contributed by atoms with van der Waals surface area (Å²) in [5.74, 6) is -2.13. The molecule has 7 nitrogen and oxygen atoms in total. The molecular weight excluding hydrogens is 583 g/mol. The number of carbonyl (C=O) groups is 2. The van der Waals surface area contributed by atoms with E-state index in [1.54, 1.807) is 60.4 Å². The third-order valence-electron chi connectivity index (χ3n) is 8.09. The Morgan fingerprint density at radius 1 is 1.00 bits per heavy atom. The predicted molar refractivity (Wildman–Crippen MR) is 161 cm³/mol. The zero-order valence-corrected chi connectivity index (χ0v) is 24.9. The van der Waals surface area contributed by atoms with Crippen molar-refractivity contribution in [1.82, 2.24) is 4.90 Å². The third kappa shape index (κ3) is 6.71. The Morgan fingerprint density at radius 3 is 2.29 bits per heavy atom. The molecule has 0 unspecified atom stereocenters. The molecule has 1 aliphatic carbocycles. The molecule has 0 spiro atoms. The number of para-hydroxylation sites is 1. The van der Waals surface area contributed by atoms with Gasteiger partial charge < -0.3 is 10.0 Å². The largest absolute Gasteiger partial charge is 0.481 e. The van der Waals surface area contributed by atoms with E-state index in [-0.39, 0.29) is 36.3 Å². The molecule has 1 saturated heterocycles.